The lowest BCUT2D eigenvalue weighted by Gasteiger charge is -2.50. The lowest BCUT2D eigenvalue weighted by atomic mass is 10.0. The highest BCUT2D eigenvalue weighted by Gasteiger charge is 2.53. The quantitative estimate of drug-likeness (QED) is 0.0465. The molecule has 3 atom stereocenters. The Labute approximate surface area is 262 Å². The summed E-state index contributed by atoms with van der Waals surface area (Å²) in [7, 11) is 1.60. The summed E-state index contributed by atoms with van der Waals surface area (Å²) in [6, 6.07) is -1.68. The second kappa shape index (κ2) is 13.8. The van der Waals surface area contributed by atoms with Gasteiger partial charge in [0.15, 0.2) is 23.2 Å². The van der Waals surface area contributed by atoms with Gasteiger partial charge in [-0.2, -0.15) is 9.36 Å². The Kier molecular flexibility index (Phi) is 10.1. The van der Waals surface area contributed by atoms with Crippen LogP contribution in [0, 0.1) is 0 Å². The molecule has 4 rings (SSSR count). The van der Waals surface area contributed by atoms with E-state index in [-0.39, 0.29) is 53.5 Å². The van der Waals surface area contributed by atoms with Crippen molar-refractivity contribution >= 4 is 75.4 Å². The van der Waals surface area contributed by atoms with Gasteiger partial charge in [0.1, 0.15) is 17.5 Å². The van der Waals surface area contributed by atoms with Gasteiger partial charge in [0.2, 0.25) is 17.7 Å². The number of rotatable bonds is 13. The van der Waals surface area contributed by atoms with Crippen molar-refractivity contribution in [3.63, 3.8) is 0 Å². The van der Waals surface area contributed by atoms with Crippen LogP contribution in [0.3, 0.4) is 0 Å². The summed E-state index contributed by atoms with van der Waals surface area (Å²) in [5.74, 6) is -4.28. The average Bonchev–Trinajstić information content (AvgIpc) is 3.52. The Bertz CT molecular complexity index is 1590. The molecule has 20 nitrogen and oxygen atoms in total. The lowest BCUT2D eigenvalue weighted by Crippen LogP contribution is -2.71. The zero-order valence-corrected chi connectivity index (χ0v) is 25.5. The number of fused-ring (bicyclic) bond motifs is 1. The van der Waals surface area contributed by atoms with Crippen molar-refractivity contribution in [2.75, 3.05) is 35.6 Å². The van der Waals surface area contributed by atoms with E-state index in [1.54, 1.807) is 11.7 Å². The maximum atomic E-state index is 13.2. The summed E-state index contributed by atoms with van der Waals surface area (Å²) in [5, 5.41) is 31.8. The first-order valence-electron chi connectivity index (χ1n) is 13.2. The van der Waals surface area contributed by atoms with Gasteiger partial charge >= 0.3 is 12.0 Å². The predicted molar refractivity (Wildman–Crippen MR) is 157 cm³/mol. The molecule has 4 heterocycles. The maximum Gasteiger partial charge on any atom is 0.319 e. The van der Waals surface area contributed by atoms with Crippen LogP contribution in [0.4, 0.5) is 21.4 Å². The zero-order chi connectivity index (χ0) is 33.0. The SMILES string of the molecule is CC(CC(=O)O)O/N=C(\C(=O)N[C@@H]1C(=O)N2C(C(=O)[O-])=C(C[n+]3cc(NC(=O)NCCN)c(N)n3C)CS[C@H]12)c1nsc(N)n1. The van der Waals surface area contributed by atoms with Crippen molar-refractivity contribution in [1.29, 1.82) is 0 Å². The van der Waals surface area contributed by atoms with Crippen LogP contribution >= 0.6 is 23.3 Å². The van der Waals surface area contributed by atoms with E-state index < -0.39 is 59.4 Å². The van der Waals surface area contributed by atoms with Gasteiger partial charge in [-0.15, -0.1) is 21.1 Å². The second-order valence-electron chi connectivity index (χ2n) is 9.73. The minimum absolute atomic E-state index is 0.0176. The summed E-state index contributed by atoms with van der Waals surface area (Å²) >= 11 is 1.97. The molecule has 0 radical (unpaired) electrons. The van der Waals surface area contributed by atoms with Crippen LogP contribution in [0.1, 0.15) is 19.2 Å². The van der Waals surface area contributed by atoms with Gasteiger partial charge in [-0.05, 0) is 6.92 Å². The third-order valence-corrected chi connectivity index (χ3v) is 8.38. The van der Waals surface area contributed by atoms with E-state index in [4.69, 9.17) is 27.1 Å². The number of nitrogen functional groups attached to an aromatic ring is 2. The van der Waals surface area contributed by atoms with Gasteiger partial charge < -0.3 is 47.7 Å². The summed E-state index contributed by atoms with van der Waals surface area (Å²) in [6.45, 7) is 1.89. The van der Waals surface area contributed by atoms with Crippen LogP contribution in [-0.2, 0) is 37.6 Å². The fourth-order valence-electron chi connectivity index (χ4n) is 4.35. The number of β-lactam (4-membered cyclic amide) rings is 1. The third-order valence-electron chi connectivity index (χ3n) is 6.50. The molecule has 22 heteroatoms. The van der Waals surface area contributed by atoms with Gasteiger partial charge in [-0.1, -0.05) is 5.16 Å². The number of nitrogens with two attached hydrogens (primary N) is 3. The molecule has 0 saturated carbocycles. The number of urea groups is 1. The number of oxime groups is 1. The molecule has 1 fully saturated rings. The minimum Gasteiger partial charge on any atom is -0.543 e. The van der Waals surface area contributed by atoms with Crippen LogP contribution in [0.15, 0.2) is 22.6 Å². The molecule has 0 bridgehead atoms. The van der Waals surface area contributed by atoms with E-state index in [2.05, 4.69) is 30.5 Å². The Morgan fingerprint density at radius 1 is 1.33 bits per heavy atom. The van der Waals surface area contributed by atoms with Gasteiger partial charge in [0.25, 0.3) is 11.8 Å². The lowest BCUT2D eigenvalue weighted by molar-refractivity contribution is -0.765. The number of aromatic nitrogens is 4. The topological polar surface area (TPSA) is 302 Å². The van der Waals surface area contributed by atoms with Crippen molar-refractivity contribution in [3.8, 4) is 0 Å². The third kappa shape index (κ3) is 7.24. The highest BCUT2D eigenvalue weighted by molar-refractivity contribution is 8.00. The Hall–Kier alpha value is -4.96. The molecule has 2 aliphatic heterocycles. The molecular weight excluding hydrogens is 636 g/mol. The first-order chi connectivity index (χ1) is 21.3. The molecule has 1 unspecified atom stereocenters. The van der Waals surface area contributed by atoms with Crippen LogP contribution in [0.5, 0.6) is 0 Å². The number of amides is 4. The van der Waals surface area contributed by atoms with Crippen LogP contribution in [0.2, 0.25) is 0 Å². The number of thioether (sulfide) groups is 1. The Morgan fingerprint density at radius 2 is 2.07 bits per heavy atom. The molecule has 2 aliphatic rings. The molecule has 0 spiro atoms. The number of carboxylic acid groups (broad SMARTS) is 2. The first-order valence-corrected chi connectivity index (χ1v) is 15.0. The van der Waals surface area contributed by atoms with Gasteiger partial charge in [-0.3, -0.25) is 24.6 Å². The van der Waals surface area contributed by atoms with Crippen molar-refractivity contribution in [1.82, 2.24) is 29.6 Å². The molecule has 1 saturated heterocycles. The average molecular weight is 667 g/mol. The van der Waals surface area contributed by atoms with E-state index in [9.17, 15) is 29.1 Å². The van der Waals surface area contributed by atoms with E-state index in [0.29, 0.717) is 5.57 Å². The molecule has 0 aromatic carbocycles. The smallest absolute Gasteiger partial charge is 0.319 e. The zero-order valence-electron chi connectivity index (χ0n) is 23.9. The van der Waals surface area contributed by atoms with Gasteiger partial charge in [0.05, 0.1) is 25.1 Å². The summed E-state index contributed by atoms with van der Waals surface area (Å²) < 4.78 is 6.98. The number of anilines is 3. The van der Waals surface area contributed by atoms with E-state index >= 15 is 0 Å². The fourth-order valence-corrected chi connectivity index (χ4v) is 6.12. The number of carbonyl (C=O) groups is 5. The molecule has 2 aromatic heterocycles. The Morgan fingerprint density at radius 3 is 2.69 bits per heavy atom. The van der Waals surface area contributed by atoms with E-state index in [1.807, 2.05) is 0 Å². The number of carboxylic acids is 2. The fraction of sp³-hybridized carbons (Fsp3) is 0.435. The summed E-state index contributed by atoms with van der Waals surface area (Å²) in [6.07, 6.45) is 0.188. The van der Waals surface area contributed by atoms with Gasteiger partial charge in [-0.25, -0.2) is 4.79 Å². The summed E-state index contributed by atoms with van der Waals surface area (Å²) in [5.41, 5.74) is 16.9. The highest BCUT2D eigenvalue weighted by Crippen LogP contribution is 2.40. The number of carbonyl (C=O) groups excluding carboxylic acids is 4. The van der Waals surface area contributed by atoms with Gasteiger partial charge in [0, 0.05) is 35.9 Å². The molecule has 4 amide bonds. The predicted octanol–water partition coefficient (Wildman–Crippen LogP) is -3.90. The normalized spacial score (nSPS) is 18.5. The first kappa shape index (κ1) is 32.9. The maximum absolute atomic E-state index is 13.2. The van der Waals surface area contributed by atoms with E-state index in [0.717, 1.165) is 16.4 Å². The highest BCUT2D eigenvalue weighted by atomic mass is 32.2. The second-order valence-corrected chi connectivity index (χ2v) is 11.6. The van der Waals surface area contributed by atoms with Crippen molar-refractivity contribution in [2.45, 2.75) is 37.4 Å². The van der Waals surface area contributed by atoms with E-state index in [1.165, 1.54) is 29.6 Å². The number of hydrogen-bond acceptors (Lipinski definition) is 15. The molecule has 45 heavy (non-hydrogen) atoms. The standard InChI is InChI=1S/C23H30N12O8S2/c1-9(5-12(36)37)43-31-13(17-30-22(26)45-32-17)18(38)29-14-19(39)35-15(21(40)41)10(8-44-20(14)35)6-34-7-11(16(25)33(34)2)28-23(42)27-4-3-24/h7,9,14,20,25H,3-6,8,24H2,1-2H3,(H7,26,27,28,29,30,32,36,37,38,40,41,42)/b31-13-/t9?,14-,20-/m1/s1. The molecule has 0 aliphatic carbocycles. The minimum atomic E-state index is -1.60. The number of nitrogens with one attached hydrogen (secondary N) is 3. The molecular formula is C23H30N12O8S2. The summed E-state index contributed by atoms with van der Waals surface area (Å²) in [4.78, 5) is 71.8. The van der Waals surface area contributed by atoms with Crippen molar-refractivity contribution < 1.29 is 43.7 Å². The van der Waals surface area contributed by atoms with Crippen LogP contribution in [-0.4, -0.2) is 95.9 Å². The molecule has 242 valence electrons. The van der Waals surface area contributed by atoms with Crippen LogP contribution < -0.4 is 42.9 Å². The Balaban J connectivity index is 1.51. The van der Waals surface area contributed by atoms with Crippen molar-refractivity contribution in [2.24, 2.45) is 17.9 Å². The van der Waals surface area contributed by atoms with Crippen LogP contribution in [0.25, 0.3) is 0 Å². The molecule has 2 aromatic rings. The number of nitrogens with zero attached hydrogens (tertiary/aromatic N) is 6. The van der Waals surface area contributed by atoms with Crippen molar-refractivity contribution in [3.05, 3.63) is 23.3 Å². The molecule has 10 N–H and O–H groups in total. The number of aliphatic carboxylic acids is 2. The largest absolute Gasteiger partial charge is 0.543 e. The number of hydrogen-bond donors (Lipinski definition) is 7. The monoisotopic (exact) mass is 666 g/mol.